The van der Waals surface area contributed by atoms with E-state index in [0.29, 0.717) is 6.04 Å². The average molecular weight is 165 g/mol. The summed E-state index contributed by atoms with van der Waals surface area (Å²) in [7, 11) is 0. The van der Waals surface area contributed by atoms with E-state index in [1.807, 2.05) is 12.2 Å². The normalized spacial score (nSPS) is 28.7. The van der Waals surface area contributed by atoms with Crippen LogP contribution >= 0.6 is 0 Å². The van der Waals surface area contributed by atoms with E-state index in [1.54, 1.807) is 0 Å². The predicted molar refractivity (Wildman–Crippen MR) is 54.1 cm³/mol. The van der Waals surface area contributed by atoms with Crippen molar-refractivity contribution >= 4 is 0 Å². The first-order chi connectivity index (χ1) is 5.86. The van der Waals surface area contributed by atoms with Crippen LogP contribution in [0.3, 0.4) is 0 Å². The first kappa shape index (κ1) is 9.53. The summed E-state index contributed by atoms with van der Waals surface area (Å²) in [6.45, 7) is 8.69. The van der Waals surface area contributed by atoms with Crippen LogP contribution in [0.25, 0.3) is 0 Å². The average Bonchev–Trinajstić information content (AvgIpc) is 2.53. The molecule has 0 aromatic carbocycles. The van der Waals surface area contributed by atoms with Gasteiger partial charge in [-0.1, -0.05) is 12.2 Å². The molecule has 1 heteroatoms. The minimum Gasteiger partial charge on any atom is -0.310 e. The number of rotatable bonds is 5. The Kier molecular flexibility index (Phi) is 4.09. The standard InChI is InChI=1S/C11H19N/c1-3-5-6-7-10-8-11(4-2)12-9-10/h3-4,10-12H,1-2,5-9H2. The van der Waals surface area contributed by atoms with Gasteiger partial charge in [-0.25, -0.2) is 0 Å². The molecule has 1 aliphatic rings. The maximum Gasteiger partial charge on any atom is 0.0250 e. The van der Waals surface area contributed by atoms with Gasteiger partial charge in [0.1, 0.15) is 0 Å². The Bertz CT molecular complexity index is 151. The zero-order chi connectivity index (χ0) is 8.81. The van der Waals surface area contributed by atoms with Crippen LogP contribution in [0.2, 0.25) is 0 Å². The topological polar surface area (TPSA) is 12.0 Å². The quantitative estimate of drug-likeness (QED) is 0.487. The third-order valence-corrected chi connectivity index (χ3v) is 2.56. The summed E-state index contributed by atoms with van der Waals surface area (Å²) < 4.78 is 0. The van der Waals surface area contributed by atoms with E-state index in [0.717, 1.165) is 12.3 Å². The molecule has 0 aromatic heterocycles. The Hall–Kier alpha value is -0.560. The van der Waals surface area contributed by atoms with Crippen molar-refractivity contribution in [1.82, 2.24) is 5.32 Å². The molecule has 0 aromatic rings. The Morgan fingerprint density at radius 1 is 1.42 bits per heavy atom. The summed E-state index contributed by atoms with van der Waals surface area (Å²) in [6, 6.07) is 0.568. The van der Waals surface area contributed by atoms with E-state index in [1.165, 1.54) is 25.8 Å². The lowest BCUT2D eigenvalue weighted by molar-refractivity contribution is 0.508. The van der Waals surface area contributed by atoms with Gasteiger partial charge in [0.2, 0.25) is 0 Å². The number of hydrogen-bond acceptors (Lipinski definition) is 1. The van der Waals surface area contributed by atoms with Crippen molar-refractivity contribution in [3.63, 3.8) is 0 Å². The Morgan fingerprint density at radius 2 is 2.25 bits per heavy atom. The van der Waals surface area contributed by atoms with Crippen LogP contribution in [0, 0.1) is 5.92 Å². The highest BCUT2D eigenvalue weighted by Crippen LogP contribution is 2.20. The lowest BCUT2D eigenvalue weighted by atomic mass is 9.99. The van der Waals surface area contributed by atoms with Crippen molar-refractivity contribution < 1.29 is 0 Å². The molecule has 0 aliphatic carbocycles. The molecule has 1 N–H and O–H groups in total. The van der Waals surface area contributed by atoms with Crippen molar-refractivity contribution in [3.05, 3.63) is 25.3 Å². The fraction of sp³-hybridized carbons (Fsp3) is 0.636. The third-order valence-electron chi connectivity index (χ3n) is 2.56. The second kappa shape index (κ2) is 5.15. The van der Waals surface area contributed by atoms with E-state index in [-0.39, 0.29) is 0 Å². The Morgan fingerprint density at radius 3 is 2.83 bits per heavy atom. The van der Waals surface area contributed by atoms with Gasteiger partial charge in [0, 0.05) is 6.04 Å². The summed E-state index contributed by atoms with van der Waals surface area (Å²) >= 11 is 0. The molecular weight excluding hydrogens is 146 g/mol. The van der Waals surface area contributed by atoms with Crippen LogP contribution in [0.15, 0.2) is 25.3 Å². The van der Waals surface area contributed by atoms with Crippen molar-refractivity contribution in [2.75, 3.05) is 6.54 Å². The summed E-state index contributed by atoms with van der Waals surface area (Å²) in [5.74, 6) is 0.868. The zero-order valence-electron chi connectivity index (χ0n) is 7.76. The van der Waals surface area contributed by atoms with Gasteiger partial charge in [-0.15, -0.1) is 13.2 Å². The molecule has 1 nitrogen and oxygen atoms in total. The Labute approximate surface area is 75.6 Å². The smallest absolute Gasteiger partial charge is 0.0250 e. The van der Waals surface area contributed by atoms with Crippen LogP contribution in [0.1, 0.15) is 25.7 Å². The molecule has 1 saturated heterocycles. The molecular formula is C11H19N. The van der Waals surface area contributed by atoms with Gasteiger partial charge in [-0.2, -0.15) is 0 Å². The fourth-order valence-electron chi connectivity index (χ4n) is 1.79. The van der Waals surface area contributed by atoms with Crippen LogP contribution < -0.4 is 5.32 Å². The lowest BCUT2D eigenvalue weighted by Gasteiger charge is -2.05. The van der Waals surface area contributed by atoms with Crippen molar-refractivity contribution in [3.8, 4) is 0 Å². The molecule has 1 heterocycles. The molecule has 1 rings (SSSR count). The van der Waals surface area contributed by atoms with Gasteiger partial charge < -0.3 is 5.32 Å². The maximum absolute atomic E-state index is 3.79. The van der Waals surface area contributed by atoms with E-state index in [9.17, 15) is 0 Å². The first-order valence-corrected chi connectivity index (χ1v) is 4.83. The van der Waals surface area contributed by atoms with E-state index >= 15 is 0 Å². The van der Waals surface area contributed by atoms with Crippen LogP contribution in [0.5, 0.6) is 0 Å². The van der Waals surface area contributed by atoms with Gasteiger partial charge in [0.05, 0.1) is 0 Å². The molecule has 12 heavy (non-hydrogen) atoms. The highest BCUT2D eigenvalue weighted by molar-refractivity contribution is 4.93. The molecule has 1 aliphatic heterocycles. The zero-order valence-corrected chi connectivity index (χ0v) is 7.76. The minimum absolute atomic E-state index is 0.568. The van der Waals surface area contributed by atoms with Gasteiger partial charge >= 0.3 is 0 Å². The second-order valence-electron chi connectivity index (χ2n) is 3.57. The van der Waals surface area contributed by atoms with Crippen LogP contribution in [-0.4, -0.2) is 12.6 Å². The van der Waals surface area contributed by atoms with Crippen molar-refractivity contribution in [2.45, 2.75) is 31.7 Å². The Balaban J connectivity index is 2.10. The number of unbranched alkanes of at least 4 members (excludes halogenated alkanes) is 1. The summed E-state index contributed by atoms with van der Waals surface area (Å²) in [6.07, 6.45) is 9.10. The molecule has 1 fully saturated rings. The van der Waals surface area contributed by atoms with Gasteiger partial charge in [0.15, 0.2) is 0 Å². The molecule has 68 valence electrons. The molecule has 0 radical (unpaired) electrons. The lowest BCUT2D eigenvalue weighted by Crippen LogP contribution is -2.17. The molecule has 0 spiro atoms. The number of hydrogen-bond donors (Lipinski definition) is 1. The second-order valence-corrected chi connectivity index (χ2v) is 3.57. The van der Waals surface area contributed by atoms with E-state index in [2.05, 4.69) is 18.5 Å². The summed E-state index contributed by atoms with van der Waals surface area (Å²) in [4.78, 5) is 0. The number of nitrogens with one attached hydrogen (secondary N) is 1. The molecule has 0 saturated carbocycles. The van der Waals surface area contributed by atoms with Crippen molar-refractivity contribution in [2.24, 2.45) is 5.92 Å². The highest BCUT2D eigenvalue weighted by Gasteiger charge is 2.20. The molecule has 0 amide bonds. The fourth-order valence-corrected chi connectivity index (χ4v) is 1.79. The van der Waals surface area contributed by atoms with E-state index < -0.39 is 0 Å². The van der Waals surface area contributed by atoms with Crippen LogP contribution in [0.4, 0.5) is 0 Å². The van der Waals surface area contributed by atoms with Crippen LogP contribution in [-0.2, 0) is 0 Å². The molecule has 0 bridgehead atoms. The third kappa shape index (κ3) is 2.82. The summed E-state index contributed by atoms with van der Waals surface area (Å²) in [5.41, 5.74) is 0. The van der Waals surface area contributed by atoms with Gasteiger partial charge in [-0.05, 0) is 38.1 Å². The molecule has 2 atom stereocenters. The summed E-state index contributed by atoms with van der Waals surface area (Å²) in [5, 5.41) is 3.44. The van der Waals surface area contributed by atoms with E-state index in [4.69, 9.17) is 0 Å². The number of allylic oxidation sites excluding steroid dienone is 1. The largest absolute Gasteiger partial charge is 0.310 e. The van der Waals surface area contributed by atoms with Crippen molar-refractivity contribution in [1.29, 1.82) is 0 Å². The SMILES string of the molecule is C=CCCCC1CNC(C=C)C1. The molecule has 2 unspecified atom stereocenters. The predicted octanol–water partition coefficient (Wildman–Crippen LogP) is 2.51. The maximum atomic E-state index is 3.79. The highest BCUT2D eigenvalue weighted by atomic mass is 14.9. The van der Waals surface area contributed by atoms with Gasteiger partial charge in [0.25, 0.3) is 0 Å². The minimum atomic E-state index is 0.568. The first-order valence-electron chi connectivity index (χ1n) is 4.83. The monoisotopic (exact) mass is 165 g/mol. The van der Waals surface area contributed by atoms with Gasteiger partial charge in [-0.3, -0.25) is 0 Å².